The van der Waals surface area contributed by atoms with Crippen molar-refractivity contribution in [3.05, 3.63) is 70.1 Å². The largest absolute Gasteiger partial charge is 0.451 e. The quantitative estimate of drug-likeness (QED) is 0.734. The molecule has 2 heterocycles. The fourth-order valence-electron chi connectivity index (χ4n) is 3.60. The number of hydrogen-bond donors (Lipinski definition) is 1. The topological polar surface area (TPSA) is 79.6 Å². The van der Waals surface area contributed by atoms with E-state index in [-0.39, 0.29) is 23.0 Å². The van der Waals surface area contributed by atoms with Crippen LogP contribution in [0.5, 0.6) is 0 Å². The minimum atomic E-state index is -0.509. The van der Waals surface area contributed by atoms with Crippen molar-refractivity contribution in [2.45, 2.75) is 26.7 Å². The first-order chi connectivity index (χ1) is 13.9. The van der Waals surface area contributed by atoms with E-state index in [9.17, 15) is 14.4 Å². The third-order valence-corrected chi connectivity index (χ3v) is 5.08. The van der Waals surface area contributed by atoms with Crippen LogP contribution in [0.3, 0.4) is 0 Å². The number of carbonyl (C=O) groups is 2. The number of hydrogen-bond acceptors (Lipinski definition) is 4. The molecule has 0 unspecified atom stereocenters. The van der Waals surface area contributed by atoms with Crippen LogP contribution in [-0.2, 0) is 11.2 Å². The van der Waals surface area contributed by atoms with Crippen LogP contribution >= 0.6 is 0 Å². The number of nitrogens with one attached hydrogen (secondary N) is 1. The Bertz CT molecular complexity index is 1160. The van der Waals surface area contributed by atoms with Gasteiger partial charge < -0.3 is 14.6 Å². The lowest BCUT2D eigenvalue weighted by Gasteiger charge is -2.31. The van der Waals surface area contributed by atoms with Gasteiger partial charge in [-0.3, -0.25) is 14.4 Å². The van der Waals surface area contributed by atoms with E-state index in [1.165, 1.54) is 6.07 Å². The van der Waals surface area contributed by atoms with Crippen molar-refractivity contribution in [3.63, 3.8) is 0 Å². The summed E-state index contributed by atoms with van der Waals surface area (Å²) in [4.78, 5) is 39.3. The van der Waals surface area contributed by atoms with E-state index in [1.807, 2.05) is 26.0 Å². The number of nitrogens with zero attached hydrogens (tertiary/aromatic N) is 1. The Labute approximate surface area is 168 Å². The van der Waals surface area contributed by atoms with E-state index >= 15 is 0 Å². The Morgan fingerprint density at radius 1 is 1.10 bits per heavy atom. The van der Waals surface area contributed by atoms with E-state index in [4.69, 9.17) is 4.42 Å². The average Bonchev–Trinajstić information content (AvgIpc) is 2.72. The number of aryl methyl sites for hydroxylation is 1. The Morgan fingerprint density at radius 3 is 2.69 bits per heavy atom. The molecule has 148 valence electrons. The molecule has 0 spiro atoms. The van der Waals surface area contributed by atoms with Crippen LogP contribution in [0.2, 0.25) is 0 Å². The molecule has 0 fully saturated rings. The molecule has 3 aromatic rings. The fraction of sp³-hybridized carbons (Fsp3) is 0.261. The molecular formula is C23H22N2O4. The van der Waals surface area contributed by atoms with E-state index in [0.717, 1.165) is 24.1 Å². The second-order valence-electron chi connectivity index (χ2n) is 7.52. The Hall–Kier alpha value is -3.41. The van der Waals surface area contributed by atoms with Crippen LogP contribution in [0.15, 0.2) is 57.7 Å². The van der Waals surface area contributed by atoms with Gasteiger partial charge in [-0.1, -0.05) is 32.0 Å². The second kappa shape index (κ2) is 7.54. The summed E-state index contributed by atoms with van der Waals surface area (Å²) >= 11 is 0. The SMILES string of the molecule is CC(C)C(=O)N1CCCc2ccc(NC(=O)c3cc(=O)c4ccccc4o3)cc21. The third-order valence-electron chi connectivity index (χ3n) is 5.08. The van der Waals surface area contributed by atoms with Crippen molar-refractivity contribution in [3.8, 4) is 0 Å². The van der Waals surface area contributed by atoms with Gasteiger partial charge in [0, 0.05) is 29.9 Å². The molecule has 6 heteroatoms. The predicted molar refractivity (Wildman–Crippen MR) is 112 cm³/mol. The molecule has 1 aliphatic heterocycles. The molecule has 0 aliphatic carbocycles. The minimum Gasteiger partial charge on any atom is -0.451 e. The first-order valence-electron chi connectivity index (χ1n) is 9.72. The summed E-state index contributed by atoms with van der Waals surface area (Å²) in [7, 11) is 0. The van der Waals surface area contributed by atoms with Gasteiger partial charge in [-0.05, 0) is 42.7 Å². The van der Waals surface area contributed by atoms with Gasteiger partial charge in [0.05, 0.1) is 5.39 Å². The lowest BCUT2D eigenvalue weighted by Crippen LogP contribution is -2.38. The molecule has 0 atom stereocenters. The highest BCUT2D eigenvalue weighted by molar-refractivity contribution is 6.04. The van der Waals surface area contributed by atoms with Gasteiger partial charge in [0.25, 0.3) is 5.91 Å². The minimum absolute atomic E-state index is 0.0541. The summed E-state index contributed by atoms with van der Waals surface area (Å²) < 4.78 is 5.60. The Kier molecular flexibility index (Phi) is 4.92. The zero-order chi connectivity index (χ0) is 20.5. The molecule has 0 saturated heterocycles. The average molecular weight is 390 g/mol. The molecule has 2 amide bonds. The molecule has 0 radical (unpaired) electrons. The second-order valence-corrected chi connectivity index (χ2v) is 7.52. The molecule has 0 saturated carbocycles. The first-order valence-corrected chi connectivity index (χ1v) is 9.72. The van der Waals surface area contributed by atoms with Crippen LogP contribution < -0.4 is 15.6 Å². The lowest BCUT2D eigenvalue weighted by atomic mass is 9.99. The summed E-state index contributed by atoms with van der Waals surface area (Å²) in [6, 6.07) is 13.6. The number of anilines is 2. The highest BCUT2D eigenvalue weighted by Gasteiger charge is 2.25. The molecule has 4 rings (SSSR count). The van der Waals surface area contributed by atoms with Gasteiger partial charge in [0.2, 0.25) is 5.91 Å². The van der Waals surface area contributed by atoms with Crippen LogP contribution in [0.1, 0.15) is 36.4 Å². The van der Waals surface area contributed by atoms with Crippen LogP contribution in [0, 0.1) is 5.92 Å². The van der Waals surface area contributed by atoms with E-state index in [2.05, 4.69) is 5.32 Å². The zero-order valence-corrected chi connectivity index (χ0v) is 16.4. The third kappa shape index (κ3) is 3.66. The summed E-state index contributed by atoms with van der Waals surface area (Å²) in [6.45, 7) is 4.43. The first kappa shape index (κ1) is 18.9. The summed E-state index contributed by atoms with van der Waals surface area (Å²) in [5.74, 6) is -0.604. The van der Waals surface area contributed by atoms with E-state index in [0.29, 0.717) is 23.2 Å². The van der Waals surface area contributed by atoms with Crippen molar-refractivity contribution in [2.75, 3.05) is 16.8 Å². The summed E-state index contributed by atoms with van der Waals surface area (Å²) in [6.07, 6.45) is 1.81. The van der Waals surface area contributed by atoms with Crippen LogP contribution in [0.25, 0.3) is 11.0 Å². The number of rotatable bonds is 3. The van der Waals surface area contributed by atoms with Gasteiger partial charge in [-0.25, -0.2) is 0 Å². The smallest absolute Gasteiger partial charge is 0.291 e. The number of fused-ring (bicyclic) bond motifs is 2. The number of benzene rings is 2. The lowest BCUT2D eigenvalue weighted by molar-refractivity contribution is -0.121. The molecule has 6 nitrogen and oxygen atoms in total. The maximum Gasteiger partial charge on any atom is 0.291 e. The van der Waals surface area contributed by atoms with Gasteiger partial charge in [-0.15, -0.1) is 0 Å². The molecule has 29 heavy (non-hydrogen) atoms. The number of carbonyl (C=O) groups excluding carboxylic acids is 2. The molecular weight excluding hydrogens is 368 g/mol. The normalized spacial score (nSPS) is 13.4. The maximum atomic E-state index is 12.7. The highest BCUT2D eigenvalue weighted by Crippen LogP contribution is 2.31. The van der Waals surface area contributed by atoms with Crippen LogP contribution in [0.4, 0.5) is 11.4 Å². The standard InChI is InChI=1S/C23H22N2O4/c1-14(2)23(28)25-11-5-6-15-9-10-16(12-18(15)25)24-22(27)21-13-19(26)17-7-3-4-8-20(17)29-21/h3-4,7-10,12-14H,5-6,11H2,1-2H3,(H,24,27). The fourth-order valence-corrected chi connectivity index (χ4v) is 3.60. The number of amides is 2. The van der Waals surface area contributed by atoms with Crippen LogP contribution in [-0.4, -0.2) is 18.4 Å². The van der Waals surface area contributed by atoms with Crippen molar-refractivity contribution in [1.82, 2.24) is 0 Å². The summed E-state index contributed by atoms with van der Waals surface area (Å²) in [5.41, 5.74) is 2.56. The van der Waals surface area contributed by atoms with E-state index < -0.39 is 5.91 Å². The predicted octanol–water partition coefficient (Wildman–Crippen LogP) is 3.98. The van der Waals surface area contributed by atoms with Crippen molar-refractivity contribution in [2.24, 2.45) is 5.92 Å². The Balaban J connectivity index is 1.63. The van der Waals surface area contributed by atoms with Gasteiger partial charge in [0.1, 0.15) is 5.58 Å². The number of para-hydroxylation sites is 1. The zero-order valence-electron chi connectivity index (χ0n) is 16.4. The molecule has 1 aromatic heterocycles. The van der Waals surface area contributed by atoms with Gasteiger partial charge in [0.15, 0.2) is 11.2 Å². The molecule has 1 aliphatic rings. The molecule has 0 bridgehead atoms. The Morgan fingerprint density at radius 2 is 1.90 bits per heavy atom. The molecule has 1 N–H and O–H groups in total. The highest BCUT2D eigenvalue weighted by atomic mass is 16.3. The van der Waals surface area contributed by atoms with Gasteiger partial charge >= 0.3 is 0 Å². The van der Waals surface area contributed by atoms with Crippen molar-refractivity contribution < 1.29 is 14.0 Å². The van der Waals surface area contributed by atoms with Crippen molar-refractivity contribution >= 4 is 34.2 Å². The van der Waals surface area contributed by atoms with Gasteiger partial charge in [-0.2, -0.15) is 0 Å². The van der Waals surface area contributed by atoms with Crippen molar-refractivity contribution in [1.29, 1.82) is 0 Å². The van der Waals surface area contributed by atoms with E-state index in [1.54, 1.807) is 35.2 Å². The summed E-state index contributed by atoms with van der Waals surface area (Å²) in [5, 5.41) is 3.21. The maximum absolute atomic E-state index is 12.7. The monoisotopic (exact) mass is 390 g/mol. The molecule has 2 aromatic carbocycles.